The first kappa shape index (κ1) is 57.7. The number of hydrogen-bond acceptors (Lipinski definition) is 18. The van der Waals surface area contributed by atoms with Crippen molar-refractivity contribution in [3.8, 4) is 11.8 Å². The van der Waals surface area contributed by atoms with E-state index in [0.29, 0.717) is 149 Å². The van der Waals surface area contributed by atoms with Gasteiger partial charge in [-0.2, -0.15) is 0 Å². The third kappa shape index (κ3) is 21.0. The van der Waals surface area contributed by atoms with Gasteiger partial charge in [0.25, 0.3) is 0 Å². The van der Waals surface area contributed by atoms with E-state index in [1.54, 1.807) is 12.4 Å². The molecule has 4 aromatic heterocycles. The van der Waals surface area contributed by atoms with Crippen molar-refractivity contribution < 1.29 is 47.4 Å². The molecule has 0 aromatic carbocycles. The molecule has 0 atom stereocenters. The van der Waals surface area contributed by atoms with E-state index in [2.05, 4.69) is 49.6 Å². The van der Waals surface area contributed by atoms with Crippen LogP contribution in [0.2, 0.25) is 0 Å². The van der Waals surface area contributed by atoms with Gasteiger partial charge in [-0.3, -0.25) is 4.79 Å². The summed E-state index contributed by atoms with van der Waals surface area (Å²) in [6.07, 6.45) is 14.7. The zero-order chi connectivity index (χ0) is 50.3. The molecule has 0 spiro atoms. The van der Waals surface area contributed by atoms with Crippen LogP contribution in [0.3, 0.4) is 0 Å². The van der Waals surface area contributed by atoms with Gasteiger partial charge in [0.15, 0.2) is 11.0 Å². The van der Waals surface area contributed by atoms with Gasteiger partial charge < -0.3 is 63.1 Å². The molecule has 0 radical (unpaired) electrons. The number of nitrogens with zero attached hydrogens (tertiary/aromatic N) is 6. The molecule has 2 aliphatic heterocycles. The molecule has 0 saturated carbocycles. The van der Waals surface area contributed by atoms with E-state index >= 15 is 0 Å². The van der Waals surface area contributed by atoms with Crippen LogP contribution >= 0.6 is 23.1 Å². The second kappa shape index (κ2) is 34.8. The van der Waals surface area contributed by atoms with Crippen LogP contribution in [0.4, 0.5) is 5.82 Å². The third-order valence-corrected chi connectivity index (χ3v) is 14.3. The van der Waals surface area contributed by atoms with E-state index in [9.17, 15) is 4.79 Å². The maximum Gasteiger partial charge on any atom is 0.220 e. The van der Waals surface area contributed by atoms with Gasteiger partial charge in [-0.05, 0) is 75.8 Å². The number of aromatic nitrogens is 5. The SMILES string of the molecule is CCCCc1nc2c(N)nc3cc(C4CCOCC4)sc3c2n1CC1CCN(CCOCCOCCOCCOCCOCCOCCOCCOCCNC(=O)CCCC#Cc2cnc(SC)nc2)CC1. The number of likely N-dealkylation sites (tertiary alicyclic amines) is 1. The molecule has 20 heteroatoms. The van der Waals surface area contributed by atoms with Gasteiger partial charge in [-0.15, -0.1) is 11.3 Å². The number of carbonyl (C=O) groups excluding carboxylic acids is 1. The van der Waals surface area contributed by atoms with Crippen molar-refractivity contribution in [1.82, 2.24) is 34.7 Å². The Morgan fingerprint density at radius 3 is 1.97 bits per heavy atom. The zero-order valence-electron chi connectivity index (χ0n) is 42.9. The average Bonchev–Trinajstić information content (AvgIpc) is 4.00. The normalized spacial score (nSPS) is 14.9. The minimum atomic E-state index is -0.00825. The van der Waals surface area contributed by atoms with E-state index in [-0.39, 0.29) is 5.91 Å². The number of unbranched alkanes of at least 4 members (excludes halogenated alkanes) is 2. The summed E-state index contributed by atoms with van der Waals surface area (Å²) < 4.78 is 54.4. The second-order valence-electron chi connectivity index (χ2n) is 17.8. The lowest BCUT2D eigenvalue weighted by molar-refractivity contribution is -0.121. The van der Waals surface area contributed by atoms with Crippen LogP contribution in [-0.2, 0) is 60.4 Å². The summed E-state index contributed by atoms with van der Waals surface area (Å²) in [4.78, 5) is 34.3. The van der Waals surface area contributed by atoms with Gasteiger partial charge in [0.1, 0.15) is 11.3 Å². The summed E-state index contributed by atoms with van der Waals surface area (Å²) in [5.41, 5.74) is 10.4. The van der Waals surface area contributed by atoms with Crippen molar-refractivity contribution >= 4 is 56.1 Å². The molecular formula is C52H80N8O10S2. The highest BCUT2D eigenvalue weighted by atomic mass is 32.2. The smallest absolute Gasteiger partial charge is 0.220 e. The fourth-order valence-corrected chi connectivity index (χ4v) is 10.1. The Morgan fingerprint density at radius 1 is 0.806 bits per heavy atom. The molecule has 3 N–H and O–H groups in total. The summed E-state index contributed by atoms with van der Waals surface area (Å²) in [7, 11) is 0. The number of nitrogens with one attached hydrogen (secondary N) is 1. The molecular weight excluding hydrogens is 961 g/mol. The predicted octanol–water partition coefficient (Wildman–Crippen LogP) is 6.16. The van der Waals surface area contributed by atoms with Crippen molar-refractivity contribution in [1.29, 1.82) is 0 Å². The lowest BCUT2D eigenvalue weighted by atomic mass is 9.96. The largest absolute Gasteiger partial charge is 0.382 e. The van der Waals surface area contributed by atoms with Crippen molar-refractivity contribution in [2.24, 2.45) is 5.92 Å². The Bertz CT molecular complexity index is 2170. The molecule has 2 aliphatic rings. The monoisotopic (exact) mass is 1040 g/mol. The number of rotatable bonds is 37. The molecule has 2 saturated heterocycles. The number of nitrogen functional groups attached to an aromatic ring is 1. The Balaban J connectivity index is 0.668. The Kier molecular flexibility index (Phi) is 27.9. The Hall–Kier alpha value is -3.56. The number of piperidine rings is 1. The fourth-order valence-electron chi connectivity index (χ4n) is 8.47. The molecule has 400 valence electrons. The summed E-state index contributed by atoms with van der Waals surface area (Å²) in [5.74, 6) is 8.89. The quantitative estimate of drug-likeness (QED) is 0.0225. The first-order valence-electron chi connectivity index (χ1n) is 26.1. The number of thiophene rings is 1. The van der Waals surface area contributed by atoms with E-state index in [0.717, 1.165) is 112 Å². The number of amides is 1. The summed E-state index contributed by atoms with van der Waals surface area (Å²) in [5, 5.41) is 3.58. The maximum atomic E-state index is 12.0. The average molecular weight is 1040 g/mol. The van der Waals surface area contributed by atoms with Gasteiger partial charge >= 0.3 is 0 Å². The molecule has 18 nitrogen and oxygen atoms in total. The molecule has 0 aliphatic carbocycles. The highest BCUT2D eigenvalue weighted by Crippen LogP contribution is 2.40. The highest BCUT2D eigenvalue weighted by molar-refractivity contribution is 7.98. The third-order valence-electron chi connectivity index (χ3n) is 12.5. The zero-order valence-corrected chi connectivity index (χ0v) is 44.5. The highest BCUT2D eigenvalue weighted by Gasteiger charge is 2.26. The minimum Gasteiger partial charge on any atom is -0.382 e. The van der Waals surface area contributed by atoms with Crippen molar-refractivity contribution in [2.75, 3.05) is 157 Å². The Labute approximate surface area is 434 Å². The summed E-state index contributed by atoms with van der Waals surface area (Å²) in [6.45, 7) is 16.5. The number of hydrogen-bond donors (Lipinski definition) is 2. The van der Waals surface area contributed by atoms with Gasteiger partial charge in [0, 0.05) is 69.4 Å². The van der Waals surface area contributed by atoms with Gasteiger partial charge in [0.05, 0.1) is 127 Å². The number of fused-ring (bicyclic) bond motifs is 3. The number of carbonyl (C=O) groups is 1. The van der Waals surface area contributed by atoms with E-state index in [1.807, 2.05) is 17.6 Å². The van der Waals surface area contributed by atoms with Gasteiger partial charge in [-0.1, -0.05) is 36.9 Å². The second-order valence-corrected chi connectivity index (χ2v) is 19.7. The van der Waals surface area contributed by atoms with Crippen molar-refractivity contribution in [3.63, 3.8) is 0 Å². The van der Waals surface area contributed by atoms with Crippen LogP contribution in [0.1, 0.15) is 86.9 Å². The lowest BCUT2D eigenvalue weighted by Crippen LogP contribution is -2.37. The predicted molar refractivity (Wildman–Crippen MR) is 282 cm³/mol. The van der Waals surface area contributed by atoms with Crippen molar-refractivity contribution in [2.45, 2.75) is 88.8 Å². The van der Waals surface area contributed by atoms with Crippen LogP contribution in [0.25, 0.3) is 21.3 Å². The first-order chi connectivity index (χ1) is 35.5. The first-order valence-corrected chi connectivity index (χ1v) is 28.2. The van der Waals surface area contributed by atoms with Crippen molar-refractivity contribution in [3.05, 3.63) is 34.7 Å². The van der Waals surface area contributed by atoms with E-state index in [1.165, 1.54) is 26.9 Å². The molecule has 72 heavy (non-hydrogen) atoms. The van der Waals surface area contributed by atoms with Gasteiger partial charge in [0.2, 0.25) is 5.91 Å². The number of nitrogens with two attached hydrogens (primary N) is 1. The number of anilines is 1. The number of pyridine rings is 1. The number of ether oxygens (including phenoxy) is 9. The molecule has 1 amide bonds. The van der Waals surface area contributed by atoms with Crippen LogP contribution in [0.15, 0.2) is 23.6 Å². The van der Waals surface area contributed by atoms with E-state index < -0.39 is 0 Å². The molecule has 6 rings (SSSR count). The standard InChI is InChI=1S/C52H80N8O10S2/c1-3-4-9-46-58-48-49(50-44(57-51(48)53)37-45(72-50)43-13-19-62-20-14-43)60(46)40-41-11-16-59(17-12-41)18-22-64-24-26-66-28-30-68-32-34-70-36-35-69-33-31-67-29-27-65-25-23-63-21-15-54-47(61)10-7-5-6-8-42-38-55-52(71-2)56-39-42/h37-39,41,43H,3-5,7,9-36,40H2,1-2H3,(H2,53,57)(H,54,61). The Morgan fingerprint density at radius 2 is 1.39 bits per heavy atom. The van der Waals surface area contributed by atoms with Crippen LogP contribution in [-0.4, -0.2) is 187 Å². The number of thioether (sulfide) groups is 1. The topological polar surface area (TPSA) is 198 Å². The number of imidazole rings is 1. The lowest BCUT2D eigenvalue weighted by Gasteiger charge is -2.32. The van der Waals surface area contributed by atoms with Crippen LogP contribution < -0.4 is 11.1 Å². The molecule has 2 fully saturated rings. The number of aryl methyl sites for hydroxylation is 1. The minimum absolute atomic E-state index is 0.00825. The maximum absolute atomic E-state index is 12.0. The van der Waals surface area contributed by atoms with Gasteiger partial charge in [-0.25, -0.2) is 19.9 Å². The van der Waals surface area contributed by atoms with Crippen LogP contribution in [0.5, 0.6) is 0 Å². The molecule has 4 aromatic rings. The summed E-state index contributed by atoms with van der Waals surface area (Å²) >= 11 is 3.38. The fraction of sp³-hybridized carbons (Fsp3) is 0.712. The van der Waals surface area contributed by atoms with E-state index in [4.69, 9.17) is 58.3 Å². The summed E-state index contributed by atoms with van der Waals surface area (Å²) in [6, 6.07) is 2.27. The molecule has 6 heterocycles. The molecule has 0 bridgehead atoms. The molecule has 0 unspecified atom stereocenters. The van der Waals surface area contributed by atoms with Crippen LogP contribution in [0, 0.1) is 17.8 Å².